The molecule has 146 valence electrons. The molecule has 0 aromatic heterocycles. The maximum atomic E-state index is 13.1. The van der Waals surface area contributed by atoms with E-state index in [-0.39, 0.29) is 35.6 Å². The Morgan fingerprint density at radius 2 is 1.63 bits per heavy atom. The molecule has 0 radical (unpaired) electrons. The summed E-state index contributed by atoms with van der Waals surface area (Å²) in [5, 5.41) is 3.19. The van der Waals surface area contributed by atoms with E-state index < -0.39 is 0 Å². The molecule has 1 atom stereocenters. The average molecular weight is 373 g/mol. The normalized spacial score (nSPS) is 24.0. The van der Waals surface area contributed by atoms with Crippen LogP contribution in [0.15, 0.2) is 24.3 Å². The second-order valence-corrected chi connectivity index (χ2v) is 8.06. The van der Waals surface area contributed by atoms with Gasteiger partial charge in [-0.3, -0.25) is 9.59 Å². The second-order valence-electron chi connectivity index (χ2n) is 8.06. The van der Waals surface area contributed by atoms with Crippen LogP contribution in [0.25, 0.3) is 0 Å². The molecule has 2 heterocycles. The number of nitrogens with zero attached hydrogens (tertiary/aromatic N) is 2. The van der Waals surface area contributed by atoms with E-state index in [2.05, 4.69) is 10.2 Å². The van der Waals surface area contributed by atoms with Crippen LogP contribution in [0.5, 0.6) is 0 Å². The number of halogens is 1. The van der Waals surface area contributed by atoms with Crippen molar-refractivity contribution < 1.29 is 14.0 Å². The largest absolute Gasteiger partial charge is 0.371 e. The Morgan fingerprint density at radius 3 is 2.30 bits per heavy atom. The number of carbonyl (C=O) groups is 2. The lowest BCUT2D eigenvalue weighted by molar-refractivity contribution is -0.143. The molecule has 1 aromatic carbocycles. The van der Waals surface area contributed by atoms with Crippen LogP contribution in [0.1, 0.15) is 44.9 Å². The number of piperidine rings is 2. The molecule has 4 rings (SSSR count). The molecule has 6 heteroatoms. The Labute approximate surface area is 159 Å². The SMILES string of the molecule is O=C(NC1CCN(c2ccc(F)cc2)CC1)C1CCCCN1C(=O)C1CC1. The number of nitrogens with one attached hydrogen (secondary N) is 1. The summed E-state index contributed by atoms with van der Waals surface area (Å²) >= 11 is 0. The molecule has 27 heavy (non-hydrogen) atoms. The summed E-state index contributed by atoms with van der Waals surface area (Å²) in [5.41, 5.74) is 1.02. The smallest absolute Gasteiger partial charge is 0.243 e. The summed E-state index contributed by atoms with van der Waals surface area (Å²) in [4.78, 5) is 29.4. The molecule has 5 nitrogen and oxygen atoms in total. The van der Waals surface area contributed by atoms with Crippen LogP contribution >= 0.6 is 0 Å². The highest BCUT2D eigenvalue weighted by atomic mass is 19.1. The van der Waals surface area contributed by atoms with E-state index in [0.717, 1.165) is 70.3 Å². The van der Waals surface area contributed by atoms with Crippen molar-refractivity contribution in [3.63, 3.8) is 0 Å². The third kappa shape index (κ3) is 4.25. The maximum Gasteiger partial charge on any atom is 0.243 e. The fourth-order valence-corrected chi connectivity index (χ4v) is 4.26. The lowest BCUT2D eigenvalue weighted by atomic mass is 9.98. The highest BCUT2D eigenvalue weighted by Gasteiger charge is 2.40. The first-order chi connectivity index (χ1) is 13.1. The van der Waals surface area contributed by atoms with Crippen molar-refractivity contribution in [2.24, 2.45) is 5.92 Å². The number of rotatable bonds is 4. The molecule has 0 bridgehead atoms. The van der Waals surface area contributed by atoms with Crippen LogP contribution in [0, 0.1) is 11.7 Å². The molecule has 1 aliphatic carbocycles. The van der Waals surface area contributed by atoms with Crippen molar-refractivity contribution in [1.29, 1.82) is 0 Å². The van der Waals surface area contributed by atoms with Crippen molar-refractivity contribution >= 4 is 17.5 Å². The highest BCUT2D eigenvalue weighted by molar-refractivity contribution is 5.89. The zero-order valence-corrected chi connectivity index (χ0v) is 15.7. The predicted octanol–water partition coefficient (Wildman–Crippen LogP) is 2.70. The van der Waals surface area contributed by atoms with Gasteiger partial charge in [-0.1, -0.05) is 0 Å². The fourth-order valence-electron chi connectivity index (χ4n) is 4.26. The van der Waals surface area contributed by atoms with Crippen LogP contribution in [0.3, 0.4) is 0 Å². The standard InChI is InChI=1S/C21H28FN3O2/c22-16-6-8-18(9-7-16)24-13-10-17(11-14-24)23-20(26)19-3-1-2-12-25(19)21(27)15-4-5-15/h6-9,15,17,19H,1-5,10-14H2,(H,23,26). The summed E-state index contributed by atoms with van der Waals surface area (Å²) in [6.45, 7) is 2.40. The molecule has 1 unspecified atom stereocenters. The topological polar surface area (TPSA) is 52.7 Å². The quantitative estimate of drug-likeness (QED) is 0.883. The number of amides is 2. The van der Waals surface area contributed by atoms with Crippen molar-refractivity contribution in [3.05, 3.63) is 30.1 Å². The lowest BCUT2D eigenvalue weighted by Crippen LogP contribution is -2.55. The average Bonchev–Trinajstić information content (AvgIpc) is 3.54. The summed E-state index contributed by atoms with van der Waals surface area (Å²) in [6, 6.07) is 6.43. The minimum absolute atomic E-state index is 0.0175. The molecule has 2 amide bonds. The van der Waals surface area contributed by atoms with Crippen molar-refractivity contribution in [2.75, 3.05) is 24.5 Å². The van der Waals surface area contributed by atoms with Crippen molar-refractivity contribution in [3.8, 4) is 0 Å². The molecule has 3 fully saturated rings. The fraction of sp³-hybridized carbons (Fsp3) is 0.619. The molecular formula is C21H28FN3O2. The monoisotopic (exact) mass is 373 g/mol. The van der Waals surface area contributed by atoms with E-state index in [0.29, 0.717) is 0 Å². The van der Waals surface area contributed by atoms with E-state index in [9.17, 15) is 14.0 Å². The van der Waals surface area contributed by atoms with Gasteiger partial charge in [-0.15, -0.1) is 0 Å². The molecule has 0 spiro atoms. The van der Waals surface area contributed by atoms with Gasteiger partial charge in [0.2, 0.25) is 11.8 Å². The van der Waals surface area contributed by atoms with Crippen LogP contribution in [0.2, 0.25) is 0 Å². The maximum absolute atomic E-state index is 13.1. The summed E-state index contributed by atoms with van der Waals surface area (Å²) in [5.74, 6) is 0.140. The molecule has 2 saturated heterocycles. The summed E-state index contributed by atoms with van der Waals surface area (Å²) < 4.78 is 13.1. The van der Waals surface area contributed by atoms with Crippen LogP contribution in [-0.2, 0) is 9.59 Å². The first-order valence-corrected chi connectivity index (χ1v) is 10.2. The second kappa shape index (κ2) is 7.87. The Hall–Kier alpha value is -2.11. The van der Waals surface area contributed by atoms with Gasteiger partial charge < -0.3 is 15.1 Å². The molecule has 1 saturated carbocycles. The van der Waals surface area contributed by atoms with E-state index in [1.54, 1.807) is 12.1 Å². The lowest BCUT2D eigenvalue weighted by Gasteiger charge is -2.38. The van der Waals surface area contributed by atoms with Gasteiger partial charge in [-0.05, 0) is 69.2 Å². The number of hydrogen-bond donors (Lipinski definition) is 1. The Kier molecular flexibility index (Phi) is 5.32. The Balaban J connectivity index is 1.30. The van der Waals surface area contributed by atoms with Crippen LogP contribution in [0.4, 0.5) is 10.1 Å². The van der Waals surface area contributed by atoms with Gasteiger partial charge >= 0.3 is 0 Å². The number of benzene rings is 1. The van der Waals surface area contributed by atoms with Crippen molar-refractivity contribution in [2.45, 2.75) is 57.0 Å². The third-order valence-electron chi connectivity index (χ3n) is 6.05. The number of likely N-dealkylation sites (tertiary alicyclic amines) is 1. The van der Waals surface area contributed by atoms with Gasteiger partial charge in [0.25, 0.3) is 0 Å². The first-order valence-electron chi connectivity index (χ1n) is 10.2. The Bertz CT molecular complexity index is 681. The molecule has 1 N–H and O–H groups in total. The molecule has 2 aliphatic heterocycles. The predicted molar refractivity (Wildman–Crippen MR) is 102 cm³/mol. The van der Waals surface area contributed by atoms with Crippen molar-refractivity contribution in [1.82, 2.24) is 10.2 Å². The summed E-state index contributed by atoms with van der Waals surface area (Å²) in [6.07, 6.45) is 6.47. The first kappa shape index (κ1) is 18.3. The van der Waals surface area contributed by atoms with E-state index in [4.69, 9.17) is 0 Å². The molecule has 3 aliphatic rings. The minimum atomic E-state index is -0.290. The minimum Gasteiger partial charge on any atom is -0.371 e. The molecular weight excluding hydrogens is 345 g/mol. The van der Waals surface area contributed by atoms with E-state index in [1.165, 1.54) is 12.1 Å². The summed E-state index contributed by atoms with van der Waals surface area (Å²) in [7, 11) is 0. The zero-order chi connectivity index (χ0) is 18.8. The molecule has 1 aromatic rings. The van der Waals surface area contributed by atoms with Crippen LogP contribution in [-0.4, -0.2) is 48.4 Å². The number of hydrogen-bond acceptors (Lipinski definition) is 3. The van der Waals surface area contributed by atoms with E-state index >= 15 is 0 Å². The van der Waals surface area contributed by atoms with Gasteiger partial charge in [-0.2, -0.15) is 0 Å². The zero-order valence-electron chi connectivity index (χ0n) is 15.7. The Morgan fingerprint density at radius 1 is 0.926 bits per heavy atom. The van der Waals surface area contributed by atoms with Gasteiger partial charge in [0.15, 0.2) is 0 Å². The number of anilines is 1. The number of carbonyl (C=O) groups excluding carboxylic acids is 2. The van der Waals surface area contributed by atoms with Gasteiger partial charge in [0.05, 0.1) is 0 Å². The van der Waals surface area contributed by atoms with Gasteiger partial charge in [0, 0.05) is 37.3 Å². The van der Waals surface area contributed by atoms with E-state index in [1.807, 2.05) is 4.90 Å². The van der Waals surface area contributed by atoms with Crippen LogP contribution < -0.4 is 10.2 Å². The van der Waals surface area contributed by atoms with Gasteiger partial charge in [-0.25, -0.2) is 4.39 Å². The highest BCUT2D eigenvalue weighted by Crippen LogP contribution is 2.33. The third-order valence-corrected chi connectivity index (χ3v) is 6.05. The van der Waals surface area contributed by atoms with Gasteiger partial charge in [0.1, 0.15) is 11.9 Å².